The molecule has 2 nitrogen and oxygen atoms in total. The number of aliphatic hydroxyl groups excluding tert-OH is 1. The minimum Gasteiger partial charge on any atom is -0.392 e. The van der Waals surface area contributed by atoms with Crippen LogP contribution in [0, 0.1) is 0 Å². The molecular weight excluding hydrogens is 194 g/mol. The molecular formula is C11H21NOS. The molecule has 0 amide bonds. The topological polar surface area (TPSA) is 32.3 Å². The number of aliphatic hydroxyl groups is 1. The molecule has 0 spiro atoms. The zero-order valence-corrected chi connectivity index (χ0v) is 9.56. The maximum atomic E-state index is 9.69. The summed E-state index contributed by atoms with van der Waals surface area (Å²) in [6.07, 6.45) is 6.36. The number of hydrogen-bond donors (Lipinski definition) is 2. The Balaban J connectivity index is 2.01. The Morgan fingerprint density at radius 2 is 2.21 bits per heavy atom. The summed E-state index contributed by atoms with van der Waals surface area (Å²) in [5, 5.41) is 13.1. The van der Waals surface area contributed by atoms with E-state index < -0.39 is 0 Å². The average molecular weight is 215 g/mol. The highest BCUT2D eigenvalue weighted by Crippen LogP contribution is 2.18. The first-order valence-electron chi connectivity index (χ1n) is 5.44. The van der Waals surface area contributed by atoms with Gasteiger partial charge in [-0.1, -0.05) is 18.9 Å². The van der Waals surface area contributed by atoms with Crippen LogP contribution in [0.2, 0.25) is 0 Å². The quantitative estimate of drug-likeness (QED) is 0.523. The van der Waals surface area contributed by atoms with Gasteiger partial charge in [-0.05, 0) is 12.8 Å². The van der Waals surface area contributed by atoms with Crippen molar-refractivity contribution in [1.82, 2.24) is 5.32 Å². The Hall–Kier alpha value is 0.01000. The van der Waals surface area contributed by atoms with E-state index in [1.54, 1.807) is 0 Å². The third-order valence-corrected chi connectivity index (χ3v) is 3.58. The van der Waals surface area contributed by atoms with Crippen LogP contribution in [0.5, 0.6) is 0 Å². The molecule has 0 heterocycles. The Morgan fingerprint density at radius 3 is 2.93 bits per heavy atom. The second kappa shape index (κ2) is 7.32. The van der Waals surface area contributed by atoms with Crippen LogP contribution in [-0.4, -0.2) is 35.3 Å². The van der Waals surface area contributed by atoms with Gasteiger partial charge in [0.15, 0.2) is 0 Å². The van der Waals surface area contributed by atoms with Crippen molar-refractivity contribution in [3.63, 3.8) is 0 Å². The molecule has 1 saturated carbocycles. The minimum absolute atomic E-state index is 0.117. The number of rotatable bonds is 6. The molecule has 0 radical (unpaired) electrons. The van der Waals surface area contributed by atoms with Crippen LogP contribution in [-0.2, 0) is 0 Å². The lowest BCUT2D eigenvalue weighted by atomic mass is 9.93. The van der Waals surface area contributed by atoms with E-state index in [4.69, 9.17) is 0 Å². The highest BCUT2D eigenvalue weighted by molar-refractivity contribution is 7.99. The van der Waals surface area contributed by atoms with Gasteiger partial charge >= 0.3 is 0 Å². The van der Waals surface area contributed by atoms with E-state index >= 15 is 0 Å². The molecule has 0 bridgehead atoms. The lowest BCUT2D eigenvalue weighted by molar-refractivity contribution is 0.0921. The first-order valence-corrected chi connectivity index (χ1v) is 6.60. The minimum atomic E-state index is -0.117. The van der Waals surface area contributed by atoms with Crippen molar-refractivity contribution in [2.45, 2.75) is 37.8 Å². The Morgan fingerprint density at radius 1 is 1.43 bits per heavy atom. The SMILES string of the molecule is C=CCSCCNC1CCCCC1O. The Labute approximate surface area is 91.2 Å². The van der Waals surface area contributed by atoms with Crippen molar-refractivity contribution in [3.05, 3.63) is 12.7 Å². The van der Waals surface area contributed by atoms with E-state index in [2.05, 4.69) is 11.9 Å². The third-order valence-electron chi connectivity index (χ3n) is 2.62. The van der Waals surface area contributed by atoms with Crippen LogP contribution in [0.3, 0.4) is 0 Å². The summed E-state index contributed by atoms with van der Waals surface area (Å²) in [7, 11) is 0. The third kappa shape index (κ3) is 4.49. The van der Waals surface area contributed by atoms with Crippen molar-refractivity contribution in [3.8, 4) is 0 Å². The Kier molecular flexibility index (Phi) is 6.32. The number of thioether (sulfide) groups is 1. The van der Waals surface area contributed by atoms with E-state index in [9.17, 15) is 5.11 Å². The largest absolute Gasteiger partial charge is 0.392 e. The predicted molar refractivity (Wildman–Crippen MR) is 63.8 cm³/mol. The highest BCUT2D eigenvalue weighted by atomic mass is 32.2. The fourth-order valence-electron chi connectivity index (χ4n) is 1.83. The van der Waals surface area contributed by atoms with Crippen molar-refractivity contribution < 1.29 is 5.11 Å². The molecule has 82 valence electrons. The van der Waals surface area contributed by atoms with Crippen LogP contribution in [0.15, 0.2) is 12.7 Å². The standard InChI is InChI=1S/C11H21NOS/c1-2-8-14-9-7-12-10-5-3-4-6-11(10)13/h2,10-13H,1,3-9H2. The lowest BCUT2D eigenvalue weighted by Gasteiger charge is -2.28. The van der Waals surface area contributed by atoms with Gasteiger partial charge in [0.2, 0.25) is 0 Å². The normalized spacial score (nSPS) is 27.5. The van der Waals surface area contributed by atoms with Crippen LogP contribution in [0.4, 0.5) is 0 Å². The molecule has 0 aromatic heterocycles. The van der Waals surface area contributed by atoms with Crippen molar-refractivity contribution in [1.29, 1.82) is 0 Å². The number of nitrogens with one attached hydrogen (secondary N) is 1. The first-order chi connectivity index (χ1) is 6.84. The van der Waals surface area contributed by atoms with Gasteiger partial charge in [0.05, 0.1) is 6.10 Å². The fourth-order valence-corrected chi connectivity index (χ4v) is 2.43. The van der Waals surface area contributed by atoms with E-state index in [-0.39, 0.29) is 6.10 Å². The van der Waals surface area contributed by atoms with E-state index in [0.717, 1.165) is 30.9 Å². The zero-order chi connectivity index (χ0) is 10.2. The van der Waals surface area contributed by atoms with Gasteiger partial charge in [-0.3, -0.25) is 0 Å². The molecule has 1 fully saturated rings. The second-order valence-corrected chi connectivity index (χ2v) is 4.93. The lowest BCUT2D eigenvalue weighted by Crippen LogP contribution is -2.42. The molecule has 3 heteroatoms. The molecule has 0 aromatic carbocycles. The second-order valence-electron chi connectivity index (χ2n) is 3.78. The molecule has 2 unspecified atom stereocenters. The van der Waals surface area contributed by atoms with Crippen molar-refractivity contribution >= 4 is 11.8 Å². The molecule has 0 saturated heterocycles. The maximum absolute atomic E-state index is 9.69. The van der Waals surface area contributed by atoms with Gasteiger partial charge < -0.3 is 10.4 Å². The molecule has 2 N–H and O–H groups in total. The summed E-state index contributed by atoms with van der Waals surface area (Å²) in [5.74, 6) is 2.13. The van der Waals surface area contributed by atoms with Crippen LogP contribution < -0.4 is 5.32 Å². The van der Waals surface area contributed by atoms with Gasteiger partial charge in [-0.15, -0.1) is 6.58 Å². The van der Waals surface area contributed by atoms with Crippen molar-refractivity contribution in [2.24, 2.45) is 0 Å². The summed E-state index contributed by atoms with van der Waals surface area (Å²) in [6, 6.07) is 0.341. The van der Waals surface area contributed by atoms with Crippen molar-refractivity contribution in [2.75, 3.05) is 18.1 Å². The van der Waals surface area contributed by atoms with Gasteiger partial charge in [0.1, 0.15) is 0 Å². The Bertz CT molecular complexity index is 163. The molecule has 14 heavy (non-hydrogen) atoms. The zero-order valence-electron chi connectivity index (χ0n) is 8.74. The van der Waals surface area contributed by atoms with Gasteiger partial charge in [-0.25, -0.2) is 0 Å². The van der Waals surface area contributed by atoms with Gasteiger partial charge in [-0.2, -0.15) is 11.8 Å². The molecule has 2 atom stereocenters. The summed E-state index contributed by atoms with van der Waals surface area (Å²) in [6.45, 7) is 4.68. The fraction of sp³-hybridized carbons (Fsp3) is 0.818. The average Bonchev–Trinajstić information content (AvgIpc) is 2.20. The van der Waals surface area contributed by atoms with Crippen LogP contribution >= 0.6 is 11.8 Å². The molecule has 0 aliphatic heterocycles. The van der Waals surface area contributed by atoms with Crippen LogP contribution in [0.1, 0.15) is 25.7 Å². The smallest absolute Gasteiger partial charge is 0.0693 e. The molecule has 1 aliphatic carbocycles. The molecule has 0 aromatic rings. The number of hydrogen-bond acceptors (Lipinski definition) is 3. The first kappa shape index (κ1) is 12.1. The summed E-state index contributed by atoms with van der Waals surface area (Å²) in [5.41, 5.74) is 0. The van der Waals surface area contributed by atoms with E-state index in [1.165, 1.54) is 12.8 Å². The van der Waals surface area contributed by atoms with Gasteiger partial charge in [0, 0.05) is 24.1 Å². The maximum Gasteiger partial charge on any atom is 0.0693 e. The summed E-state index contributed by atoms with van der Waals surface area (Å²) >= 11 is 1.88. The van der Waals surface area contributed by atoms with E-state index in [1.807, 2.05) is 17.8 Å². The van der Waals surface area contributed by atoms with E-state index in [0.29, 0.717) is 6.04 Å². The monoisotopic (exact) mass is 215 g/mol. The molecule has 1 aliphatic rings. The van der Waals surface area contributed by atoms with Crippen LogP contribution in [0.25, 0.3) is 0 Å². The predicted octanol–water partition coefficient (Wildman–Crippen LogP) is 1.80. The highest BCUT2D eigenvalue weighted by Gasteiger charge is 2.21. The summed E-state index contributed by atoms with van der Waals surface area (Å²) in [4.78, 5) is 0. The summed E-state index contributed by atoms with van der Waals surface area (Å²) < 4.78 is 0. The van der Waals surface area contributed by atoms with Gasteiger partial charge in [0.25, 0.3) is 0 Å². The molecule has 1 rings (SSSR count).